The normalized spacial score (nSPS) is 11.4. The molecule has 5 heterocycles. The van der Waals surface area contributed by atoms with Gasteiger partial charge in [-0.25, -0.2) is 9.97 Å². The van der Waals surface area contributed by atoms with Crippen molar-refractivity contribution in [1.29, 1.82) is 0 Å². The lowest BCUT2D eigenvalue weighted by atomic mass is 10.0. The minimum absolute atomic E-state index is 0.633. The number of imidazole rings is 1. The van der Waals surface area contributed by atoms with Crippen LogP contribution in [0.5, 0.6) is 0 Å². The second-order valence-corrected chi connectivity index (χ2v) is 7.81. The number of pyridine rings is 2. The molecule has 156 valence electrons. The molecule has 0 aliphatic rings. The van der Waals surface area contributed by atoms with Gasteiger partial charge in [0.15, 0.2) is 11.5 Å². The van der Waals surface area contributed by atoms with Crippen LogP contribution in [0.3, 0.4) is 0 Å². The maximum Gasteiger partial charge on any atom is 0.178 e. The highest BCUT2D eigenvalue weighted by molar-refractivity contribution is 5.97. The van der Waals surface area contributed by atoms with Crippen LogP contribution in [0.1, 0.15) is 0 Å². The summed E-state index contributed by atoms with van der Waals surface area (Å²) in [6.07, 6.45) is 8.84. The van der Waals surface area contributed by atoms with Crippen LogP contribution in [0.25, 0.3) is 55.8 Å². The molecule has 8 nitrogen and oxygen atoms in total. The molecule has 6 rings (SSSR count). The first-order chi connectivity index (χ1) is 15.7. The van der Waals surface area contributed by atoms with Crippen molar-refractivity contribution in [3.8, 4) is 33.8 Å². The van der Waals surface area contributed by atoms with E-state index in [1.54, 1.807) is 18.7 Å². The lowest BCUT2D eigenvalue weighted by molar-refractivity contribution is 0.568. The molecule has 0 atom stereocenters. The van der Waals surface area contributed by atoms with E-state index in [-0.39, 0.29) is 0 Å². The van der Waals surface area contributed by atoms with E-state index in [1.807, 2.05) is 49.6 Å². The lowest BCUT2D eigenvalue weighted by Crippen LogP contribution is -2.08. The summed E-state index contributed by atoms with van der Waals surface area (Å²) in [6, 6.07) is 12.2. The highest BCUT2D eigenvalue weighted by Gasteiger charge is 2.16. The minimum Gasteiger partial charge on any atom is -0.472 e. The van der Waals surface area contributed by atoms with Crippen LogP contribution >= 0.6 is 0 Å². The zero-order valence-electron chi connectivity index (χ0n) is 17.5. The first-order valence-corrected chi connectivity index (χ1v) is 10.2. The van der Waals surface area contributed by atoms with Crippen LogP contribution in [0.4, 0.5) is 5.69 Å². The molecule has 5 aromatic heterocycles. The largest absolute Gasteiger partial charge is 0.472 e. The Hall–Kier alpha value is -4.46. The number of hydrogen-bond donors (Lipinski definition) is 2. The Labute approximate surface area is 183 Å². The third-order valence-electron chi connectivity index (χ3n) is 5.58. The third kappa shape index (κ3) is 2.92. The maximum absolute atomic E-state index is 5.25. The van der Waals surface area contributed by atoms with E-state index >= 15 is 0 Å². The van der Waals surface area contributed by atoms with Crippen LogP contribution in [0.15, 0.2) is 71.9 Å². The van der Waals surface area contributed by atoms with Gasteiger partial charge >= 0.3 is 0 Å². The number of anilines is 1. The van der Waals surface area contributed by atoms with Gasteiger partial charge in [0.05, 0.1) is 35.4 Å². The van der Waals surface area contributed by atoms with Crippen molar-refractivity contribution in [2.45, 2.75) is 0 Å². The van der Waals surface area contributed by atoms with E-state index < -0.39 is 0 Å². The van der Waals surface area contributed by atoms with Gasteiger partial charge in [-0.3, -0.25) is 10.1 Å². The summed E-state index contributed by atoms with van der Waals surface area (Å²) in [5, 5.41) is 8.63. The summed E-state index contributed by atoms with van der Waals surface area (Å²) in [6.45, 7) is 0. The molecule has 8 heteroatoms. The maximum atomic E-state index is 5.25. The molecule has 32 heavy (non-hydrogen) atoms. The highest BCUT2D eigenvalue weighted by Crippen LogP contribution is 2.33. The number of nitrogens with zero attached hydrogens (tertiary/aromatic N) is 5. The number of aromatic amines is 2. The van der Waals surface area contributed by atoms with Gasteiger partial charge < -0.3 is 14.3 Å². The first kappa shape index (κ1) is 18.3. The summed E-state index contributed by atoms with van der Waals surface area (Å²) >= 11 is 0. The van der Waals surface area contributed by atoms with E-state index in [9.17, 15) is 0 Å². The van der Waals surface area contributed by atoms with Gasteiger partial charge in [0.2, 0.25) is 0 Å². The number of nitrogens with one attached hydrogen (secondary N) is 2. The number of benzene rings is 1. The molecule has 2 N–H and O–H groups in total. The molecular weight excluding hydrogens is 402 g/mol. The predicted molar refractivity (Wildman–Crippen MR) is 124 cm³/mol. The van der Waals surface area contributed by atoms with Crippen molar-refractivity contribution in [3.63, 3.8) is 0 Å². The number of furan rings is 1. The standard InChI is InChI=1S/C24H19N7O/c1-31(2)17-9-16(11-25-12-17)14-3-4-20-19(10-14)22(30-29-20)24-27-21-18(15-6-8-32-13-15)5-7-26-23(21)28-24/h3-13H,1-2H3,(H,29,30)(H,26,27,28). The molecule has 0 bridgehead atoms. The molecule has 0 amide bonds. The monoisotopic (exact) mass is 421 g/mol. The zero-order chi connectivity index (χ0) is 21.7. The number of H-pyrrole nitrogens is 2. The highest BCUT2D eigenvalue weighted by atomic mass is 16.3. The number of rotatable bonds is 4. The van der Waals surface area contributed by atoms with Crippen molar-refractivity contribution in [1.82, 2.24) is 30.1 Å². The van der Waals surface area contributed by atoms with Crippen LogP contribution in [-0.4, -0.2) is 44.2 Å². The Morgan fingerprint density at radius 1 is 0.969 bits per heavy atom. The van der Waals surface area contributed by atoms with Gasteiger partial charge in [-0.05, 0) is 35.9 Å². The van der Waals surface area contributed by atoms with E-state index in [4.69, 9.17) is 9.40 Å². The summed E-state index contributed by atoms with van der Waals surface area (Å²) in [7, 11) is 4.01. The van der Waals surface area contributed by atoms with Gasteiger partial charge in [-0.2, -0.15) is 5.10 Å². The molecule has 0 spiro atoms. The van der Waals surface area contributed by atoms with E-state index in [0.717, 1.165) is 50.1 Å². The predicted octanol–water partition coefficient (Wildman–Crippen LogP) is 4.89. The van der Waals surface area contributed by atoms with Gasteiger partial charge in [-0.15, -0.1) is 0 Å². The summed E-state index contributed by atoms with van der Waals surface area (Å²) in [5.74, 6) is 0.659. The Morgan fingerprint density at radius 2 is 1.91 bits per heavy atom. The first-order valence-electron chi connectivity index (χ1n) is 10.2. The molecule has 6 aromatic rings. The summed E-state index contributed by atoms with van der Waals surface area (Å²) < 4.78 is 5.25. The van der Waals surface area contributed by atoms with Crippen molar-refractivity contribution >= 4 is 27.8 Å². The molecule has 0 saturated heterocycles. The van der Waals surface area contributed by atoms with Crippen molar-refractivity contribution < 1.29 is 4.42 Å². The number of aromatic nitrogens is 6. The van der Waals surface area contributed by atoms with Gasteiger partial charge in [-0.1, -0.05) is 6.07 Å². The van der Waals surface area contributed by atoms with Crippen LogP contribution < -0.4 is 4.90 Å². The molecular formula is C24H19N7O. The number of hydrogen-bond acceptors (Lipinski definition) is 6. The van der Waals surface area contributed by atoms with Crippen molar-refractivity contribution in [3.05, 3.63) is 67.5 Å². The summed E-state index contributed by atoms with van der Waals surface area (Å²) in [5.41, 5.74) is 8.25. The molecule has 1 aromatic carbocycles. The fourth-order valence-electron chi connectivity index (χ4n) is 3.89. The van der Waals surface area contributed by atoms with Crippen molar-refractivity contribution in [2.24, 2.45) is 0 Å². The average molecular weight is 421 g/mol. The minimum atomic E-state index is 0.633. The van der Waals surface area contributed by atoms with Gasteiger partial charge in [0.25, 0.3) is 0 Å². The molecule has 0 aliphatic heterocycles. The molecule has 0 saturated carbocycles. The number of fused-ring (bicyclic) bond motifs is 2. The molecule has 0 radical (unpaired) electrons. The second kappa shape index (κ2) is 7.05. The molecule has 0 aliphatic carbocycles. The second-order valence-electron chi connectivity index (χ2n) is 7.81. The molecule has 0 fully saturated rings. The summed E-state index contributed by atoms with van der Waals surface area (Å²) in [4.78, 5) is 19.0. The Balaban J connectivity index is 1.49. The fraction of sp³-hybridized carbons (Fsp3) is 0.0833. The van der Waals surface area contributed by atoms with Crippen LogP contribution in [0, 0.1) is 0 Å². The smallest absolute Gasteiger partial charge is 0.178 e. The quantitative estimate of drug-likeness (QED) is 0.420. The lowest BCUT2D eigenvalue weighted by Gasteiger charge is -2.13. The third-order valence-corrected chi connectivity index (χ3v) is 5.58. The van der Waals surface area contributed by atoms with E-state index in [1.165, 1.54) is 0 Å². The Morgan fingerprint density at radius 3 is 2.75 bits per heavy atom. The zero-order valence-corrected chi connectivity index (χ0v) is 17.5. The van der Waals surface area contributed by atoms with Gasteiger partial charge in [0, 0.05) is 48.6 Å². The van der Waals surface area contributed by atoms with E-state index in [2.05, 4.69) is 43.3 Å². The van der Waals surface area contributed by atoms with Crippen LogP contribution in [-0.2, 0) is 0 Å². The van der Waals surface area contributed by atoms with Crippen molar-refractivity contribution in [2.75, 3.05) is 19.0 Å². The fourth-order valence-corrected chi connectivity index (χ4v) is 3.89. The van der Waals surface area contributed by atoms with E-state index in [0.29, 0.717) is 11.5 Å². The Kier molecular flexibility index (Phi) is 4.04. The van der Waals surface area contributed by atoms with Gasteiger partial charge in [0.1, 0.15) is 5.69 Å². The average Bonchev–Trinajstić information content (AvgIpc) is 3.57. The topological polar surface area (TPSA) is 99.5 Å². The Bertz CT molecular complexity index is 1560. The van der Waals surface area contributed by atoms with Crippen LogP contribution in [0.2, 0.25) is 0 Å². The molecule has 0 unspecified atom stereocenters. The SMILES string of the molecule is CN(C)c1cncc(-c2ccc3[nH]nc(-c4nc5nccc(-c6ccoc6)c5[nH]4)c3c2)c1.